The molecule has 1 fully saturated rings. The van der Waals surface area contributed by atoms with Gasteiger partial charge in [-0.2, -0.15) is 0 Å². The number of esters is 1. The van der Waals surface area contributed by atoms with E-state index in [1.807, 2.05) is 0 Å². The highest BCUT2D eigenvalue weighted by molar-refractivity contribution is 5.70. The lowest BCUT2D eigenvalue weighted by molar-refractivity contribution is -0.163. The number of rotatable bonds is 7. The average Bonchev–Trinajstić information content (AvgIpc) is 2.56. The summed E-state index contributed by atoms with van der Waals surface area (Å²) in [5.41, 5.74) is 1.08. The molecule has 2 rings (SSSR count). The molecule has 0 aromatic rings. The lowest BCUT2D eigenvalue weighted by atomic mass is 9.82. The molecule has 0 spiro atoms. The number of hydrogen-bond acceptors (Lipinski definition) is 3. The van der Waals surface area contributed by atoms with Crippen LogP contribution in [0.3, 0.4) is 0 Å². The number of hydrogen-bond donors (Lipinski definition) is 1. The van der Waals surface area contributed by atoms with Gasteiger partial charge in [-0.05, 0) is 65.2 Å². The number of carbonyl (C=O) groups excluding carboxylic acids is 1. The molecule has 3 nitrogen and oxygen atoms in total. The standard InChI is InChI=1S/C21H33NO2/c1-4-13-21(14-9-6-10-15-21)24-20(23)16-17(2)22-18(3)19-11-7-5-8-12-19/h1,11,17-18,22H,5-10,12-16H2,2-3H3. The molecule has 0 amide bonds. The van der Waals surface area contributed by atoms with Crippen molar-refractivity contribution in [3.05, 3.63) is 11.6 Å². The molecule has 0 bridgehead atoms. The summed E-state index contributed by atoms with van der Waals surface area (Å²) in [6.45, 7) is 4.26. The van der Waals surface area contributed by atoms with Gasteiger partial charge in [0.05, 0.1) is 6.42 Å². The van der Waals surface area contributed by atoms with E-state index in [4.69, 9.17) is 11.2 Å². The maximum atomic E-state index is 12.4. The van der Waals surface area contributed by atoms with Crippen LogP contribution in [0.5, 0.6) is 0 Å². The van der Waals surface area contributed by atoms with Gasteiger partial charge in [-0.15, -0.1) is 12.3 Å². The molecule has 0 radical (unpaired) electrons. The fourth-order valence-electron chi connectivity index (χ4n) is 4.08. The Morgan fingerprint density at radius 1 is 1.29 bits per heavy atom. The van der Waals surface area contributed by atoms with E-state index in [0.29, 0.717) is 18.9 Å². The van der Waals surface area contributed by atoms with Crippen molar-refractivity contribution in [3.63, 3.8) is 0 Å². The first-order chi connectivity index (χ1) is 11.5. The van der Waals surface area contributed by atoms with Crippen molar-refractivity contribution in [1.82, 2.24) is 5.32 Å². The molecule has 0 aromatic heterocycles. The summed E-state index contributed by atoms with van der Waals surface area (Å²) in [5.74, 6) is 2.60. The van der Waals surface area contributed by atoms with Crippen LogP contribution < -0.4 is 5.32 Å². The summed E-state index contributed by atoms with van der Waals surface area (Å²) in [4.78, 5) is 12.4. The monoisotopic (exact) mass is 331 g/mol. The predicted molar refractivity (Wildman–Crippen MR) is 98.6 cm³/mol. The van der Waals surface area contributed by atoms with Crippen molar-refractivity contribution in [1.29, 1.82) is 0 Å². The lowest BCUT2D eigenvalue weighted by Gasteiger charge is -2.36. The van der Waals surface area contributed by atoms with Gasteiger partial charge < -0.3 is 10.1 Å². The fourth-order valence-corrected chi connectivity index (χ4v) is 4.08. The molecular weight excluding hydrogens is 298 g/mol. The first-order valence-corrected chi connectivity index (χ1v) is 9.65. The molecule has 2 atom stereocenters. The number of allylic oxidation sites excluding steroid dienone is 1. The number of ether oxygens (including phenoxy) is 1. The van der Waals surface area contributed by atoms with E-state index in [2.05, 4.69) is 31.2 Å². The van der Waals surface area contributed by atoms with Crippen molar-refractivity contribution in [2.45, 2.75) is 102 Å². The van der Waals surface area contributed by atoms with Gasteiger partial charge in [0.2, 0.25) is 0 Å². The Labute approximate surface area is 147 Å². The quantitative estimate of drug-likeness (QED) is 0.424. The van der Waals surface area contributed by atoms with E-state index in [0.717, 1.165) is 25.7 Å². The van der Waals surface area contributed by atoms with Crippen LogP contribution in [0, 0.1) is 12.3 Å². The molecule has 2 aliphatic carbocycles. The Balaban J connectivity index is 1.82. The van der Waals surface area contributed by atoms with Crippen molar-refractivity contribution in [2.24, 2.45) is 0 Å². The molecule has 1 N–H and O–H groups in total. The number of carbonyl (C=O) groups is 1. The molecule has 24 heavy (non-hydrogen) atoms. The van der Waals surface area contributed by atoms with Crippen LogP contribution in [0.1, 0.15) is 84.5 Å². The topological polar surface area (TPSA) is 38.3 Å². The van der Waals surface area contributed by atoms with Gasteiger partial charge in [0.15, 0.2) is 0 Å². The fraction of sp³-hybridized carbons (Fsp3) is 0.762. The van der Waals surface area contributed by atoms with Gasteiger partial charge in [0.1, 0.15) is 5.60 Å². The van der Waals surface area contributed by atoms with Gasteiger partial charge in [-0.3, -0.25) is 4.79 Å². The van der Waals surface area contributed by atoms with Gasteiger partial charge >= 0.3 is 5.97 Å². The Kier molecular flexibility index (Phi) is 7.37. The largest absolute Gasteiger partial charge is 0.458 e. The highest BCUT2D eigenvalue weighted by Crippen LogP contribution is 2.34. The highest BCUT2D eigenvalue weighted by Gasteiger charge is 2.35. The second kappa shape index (κ2) is 9.28. The molecule has 134 valence electrons. The van der Waals surface area contributed by atoms with Crippen LogP contribution in [0.15, 0.2) is 11.6 Å². The van der Waals surface area contributed by atoms with Crippen molar-refractivity contribution < 1.29 is 9.53 Å². The Morgan fingerprint density at radius 2 is 2.04 bits per heavy atom. The SMILES string of the molecule is C#CCC1(OC(=O)CC(C)NC(C)C2=CCCCC2)CCCCC1. The highest BCUT2D eigenvalue weighted by atomic mass is 16.6. The summed E-state index contributed by atoms with van der Waals surface area (Å²) >= 11 is 0. The molecule has 0 aliphatic heterocycles. The zero-order valence-corrected chi connectivity index (χ0v) is 15.4. The summed E-state index contributed by atoms with van der Waals surface area (Å²) in [6.07, 6.45) is 19.0. The maximum Gasteiger partial charge on any atom is 0.307 e. The zero-order chi connectivity index (χ0) is 17.4. The van der Waals surface area contributed by atoms with Crippen molar-refractivity contribution in [3.8, 4) is 12.3 Å². The first kappa shape index (κ1) is 19.1. The maximum absolute atomic E-state index is 12.4. The van der Waals surface area contributed by atoms with E-state index in [-0.39, 0.29) is 12.0 Å². The van der Waals surface area contributed by atoms with Crippen LogP contribution in [-0.2, 0) is 9.53 Å². The Morgan fingerprint density at radius 3 is 2.67 bits per heavy atom. The van der Waals surface area contributed by atoms with E-state index in [9.17, 15) is 4.79 Å². The average molecular weight is 332 g/mol. The Bertz CT molecular complexity index is 483. The third-order valence-corrected chi connectivity index (χ3v) is 5.41. The molecule has 1 saturated carbocycles. The molecule has 3 heteroatoms. The van der Waals surface area contributed by atoms with E-state index >= 15 is 0 Å². The summed E-state index contributed by atoms with van der Waals surface area (Å²) < 4.78 is 5.88. The van der Waals surface area contributed by atoms with Gasteiger partial charge in [0, 0.05) is 18.5 Å². The molecule has 0 saturated heterocycles. The molecule has 2 unspecified atom stereocenters. The van der Waals surface area contributed by atoms with E-state index in [1.54, 1.807) is 0 Å². The third kappa shape index (κ3) is 5.67. The van der Waals surface area contributed by atoms with Gasteiger partial charge in [-0.25, -0.2) is 0 Å². The van der Waals surface area contributed by atoms with Gasteiger partial charge in [0.25, 0.3) is 0 Å². The van der Waals surface area contributed by atoms with Crippen LogP contribution in [0.4, 0.5) is 0 Å². The van der Waals surface area contributed by atoms with Crippen LogP contribution >= 0.6 is 0 Å². The Hall–Kier alpha value is -1.27. The summed E-state index contributed by atoms with van der Waals surface area (Å²) in [6, 6.07) is 0.448. The molecule has 0 aromatic carbocycles. The second-order valence-corrected chi connectivity index (χ2v) is 7.62. The van der Waals surface area contributed by atoms with E-state index in [1.165, 1.54) is 37.7 Å². The first-order valence-electron chi connectivity index (χ1n) is 9.65. The predicted octanol–water partition coefficient (Wildman–Crippen LogP) is 4.51. The third-order valence-electron chi connectivity index (χ3n) is 5.41. The van der Waals surface area contributed by atoms with Crippen molar-refractivity contribution in [2.75, 3.05) is 0 Å². The van der Waals surface area contributed by atoms with Gasteiger partial charge in [-0.1, -0.05) is 18.1 Å². The number of nitrogens with one attached hydrogen (secondary N) is 1. The van der Waals surface area contributed by atoms with Crippen LogP contribution in [-0.4, -0.2) is 23.7 Å². The molecular formula is C21H33NO2. The van der Waals surface area contributed by atoms with Crippen LogP contribution in [0.2, 0.25) is 0 Å². The lowest BCUT2D eigenvalue weighted by Crippen LogP contribution is -2.41. The molecule has 2 aliphatic rings. The smallest absolute Gasteiger partial charge is 0.307 e. The normalized spacial score (nSPS) is 22.8. The van der Waals surface area contributed by atoms with Crippen molar-refractivity contribution >= 4 is 5.97 Å². The summed E-state index contributed by atoms with van der Waals surface area (Å²) in [7, 11) is 0. The number of terminal acetylenes is 1. The second-order valence-electron chi connectivity index (χ2n) is 7.62. The zero-order valence-electron chi connectivity index (χ0n) is 15.4. The minimum Gasteiger partial charge on any atom is -0.458 e. The van der Waals surface area contributed by atoms with Crippen LogP contribution in [0.25, 0.3) is 0 Å². The minimum atomic E-state index is -0.401. The van der Waals surface area contributed by atoms with E-state index < -0.39 is 5.60 Å². The molecule has 0 heterocycles. The summed E-state index contributed by atoms with van der Waals surface area (Å²) in [5, 5.41) is 3.55. The minimum absolute atomic E-state index is 0.113.